The van der Waals surface area contributed by atoms with Gasteiger partial charge in [-0.05, 0) is 44.9 Å². The fourth-order valence-corrected chi connectivity index (χ4v) is 6.91. The predicted octanol–water partition coefficient (Wildman–Crippen LogP) is 4.06. The zero-order valence-electron chi connectivity index (χ0n) is 21.9. The molecule has 0 aromatic heterocycles. The Morgan fingerprint density at radius 3 is 2.06 bits per heavy atom. The Kier molecular flexibility index (Phi) is 7.26. The number of carbonyl (C=O) groups is 4. The first-order chi connectivity index (χ1) is 16.2. The molecule has 3 rings (SSSR count). The second kappa shape index (κ2) is 9.43. The van der Waals surface area contributed by atoms with Crippen molar-refractivity contribution < 1.29 is 38.1 Å². The molecule has 0 radical (unpaired) electrons. The third kappa shape index (κ3) is 4.40. The summed E-state index contributed by atoms with van der Waals surface area (Å²) in [4.78, 5) is 49.7. The van der Waals surface area contributed by atoms with Crippen LogP contribution in [0.3, 0.4) is 0 Å². The molecule has 0 heterocycles. The van der Waals surface area contributed by atoms with E-state index in [0.29, 0.717) is 37.7 Å². The van der Waals surface area contributed by atoms with Crippen LogP contribution in [0.4, 0.5) is 0 Å². The van der Waals surface area contributed by atoms with Gasteiger partial charge < -0.3 is 18.9 Å². The zero-order valence-corrected chi connectivity index (χ0v) is 21.9. The smallest absolute Gasteiger partial charge is 0.311 e. The standard InChI is InChI=1S/C27H38O8/c1-9-25(5)12-10-18-22(23(25)35-17(4)30)19(33-15(2)28)14-20-26(6,24(31)32-8)13-11-21(27(18,20)7)34-16(3)29/h9,19-21,23H,1,10-14H2,2-8H3/t19-,20-,21+,23-,25+,26-,27-/m1/s1. The van der Waals surface area contributed by atoms with Gasteiger partial charge in [0.1, 0.15) is 18.3 Å². The van der Waals surface area contributed by atoms with Crippen molar-refractivity contribution in [3.05, 3.63) is 23.8 Å². The molecule has 0 aromatic carbocycles. The number of hydrogen-bond acceptors (Lipinski definition) is 8. The molecule has 0 unspecified atom stereocenters. The van der Waals surface area contributed by atoms with Crippen molar-refractivity contribution in [1.29, 1.82) is 0 Å². The van der Waals surface area contributed by atoms with Crippen LogP contribution in [0.5, 0.6) is 0 Å². The van der Waals surface area contributed by atoms with E-state index in [1.54, 1.807) is 6.08 Å². The van der Waals surface area contributed by atoms with Gasteiger partial charge in [-0.3, -0.25) is 19.2 Å². The minimum Gasteiger partial charge on any atom is -0.469 e. The molecule has 194 valence electrons. The van der Waals surface area contributed by atoms with Crippen LogP contribution in [0.1, 0.15) is 73.6 Å². The summed E-state index contributed by atoms with van der Waals surface area (Å²) in [6.45, 7) is 13.9. The van der Waals surface area contributed by atoms with Crippen LogP contribution in [0, 0.1) is 22.2 Å². The summed E-state index contributed by atoms with van der Waals surface area (Å²) in [7, 11) is 1.37. The van der Waals surface area contributed by atoms with Gasteiger partial charge in [-0.1, -0.05) is 25.5 Å². The maximum absolute atomic E-state index is 13.1. The second-order valence-electron chi connectivity index (χ2n) is 10.8. The lowest BCUT2D eigenvalue weighted by Gasteiger charge is -2.60. The fourth-order valence-electron chi connectivity index (χ4n) is 6.91. The minimum absolute atomic E-state index is 0.309. The highest BCUT2D eigenvalue weighted by atomic mass is 16.6. The summed E-state index contributed by atoms with van der Waals surface area (Å²) in [5, 5.41) is 0. The topological polar surface area (TPSA) is 105 Å². The molecule has 1 fully saturated rings. The lowest BCUT2D eigenvalue weighted by molar-refractivity contribution is -0.186. The molecule has 0 amide bonds. The monoisotopic (exact) mass is 490 g/mol. The highest BCUT2D eigenvalue weighted by Gasteiger charge is 2.65. The third-order valence-electron chi connectivity index (χ3n) is 8.70. The lowest BCUT2D eigenvalue weighted by atomic mass is 9.45. The van der Waals surface area contributed by atoms with Crippen LogP contribution in [-0.2, 0) is 38.1 Å². The van der Waals surface area contributed by atoms with E-state index in [4.69, 9.17) is 18.9 Å². The summed E-state index contributed by atoms with van der Waals surface area (Å²) in [5.74, 6) is -2.00. The molecule has 0 saturated heterocycles. The summed E-state index contributed by atoms with van der Waals surface area (Å²) in [6.07, 6.45) is 2.36. The first-order valence-corrected chi connectivity index (χ1v) is 12.2. The molecule has 8 heteroatoms. The second-order valence-corrected chi connectivity index (χ2v) is 10.8. The van der Waals surface area contributed by atoms with Gasteiger partial charge in [0.25, 0.3) is 0 Å². The van der Waals surface area contributed by atoms with Crippen LogP contribution in [0.15, 0.2) is 23.8 Å². The molecular weight excluding hydrogens is 452 g/mol. The molecule has 0 spiro atoms. The van der Waals surface area contributed by atoms with Gasteiger partial charge in [0, 0.05) is 37.2 Å². The summed E-state index contributed by atoms with van der Waals surface area (Å²) in [6, 6.07) is 0. The van der Waals surface area contributed by atoms with Crippen molar-refractivity contribution in [2.45, 2.75) is 92.0 Å². The molecule has 3 aliphatic rings. The van der Waals surface area contributed by atoms with Crippen LogP contribution < -0.4 is 0 Å². The first kappa shape index (κ1) is 27.0. The highest BCUT2D eigenvalue weighted by Crippen LogP contribution is 2.64. The average molecular weight is 491 g/mol. The maximum atomic E-state index is 13.1. The summed E-state index contributed by atoms with van der Waals surface area (Å²) >= 11 is 0. The van der Waals surface area contributed by atoms with Gasteiger partial charge in [-0.2, -0.15) is 0 Å². The Labute approximate surface area is 207 Å². The van der Waals surface area contributed by atoms with Gasteiger partial charge in [0.15, 0.2) is 0 Å². The fraction of sp³-hybridized carbons (Fsp3) is 0.704. The van der Waals surface area contributed by atoms with E-state index in [1.807, 2.05) is 20.8 Å². The molecule has 3 aliphatic carbocycles. The number of rotatable bonds is 5. The van der Waals surface area contributed by atoms with E-state index in [-0.39, 0.29) is 11.9 Å². The zero-order chi connectivity index (χ0) is 26.3. The van der Waals surface area contributed by atoms with Crippen molar-refractivity contribution in [1.82, 2.24) is 0 Å². The molecule has 7 atom stereocenters. The molecule has 0 bridgehead atoms. The summed E-state index contributed by atoms with van der Waals surface area (Å²) < 4.78 is 22.8. The number of esters is 4. The quantitative estimate of drug-likeness (QED) is 0.323. The van der Waals surface area contributed by atoms with Gasteiger partial charge in [-0.25, -0.2) is 0 Å². The molecule has 35 heavy (non-hydrogen) atoms. The van der Waals surface area contributed by atoms with Gasteiger partial charge >= 0.3 is 23.9 Å². The number of carbonyl (C=O) groups excluding carboxylic acids is 4. The Hall–Kier alpha value is -2.64. The molecule has 0 N–H and O–H groups in total. The van der Waals surface area contributed by atoms with E-state index in [9.17, 15) is 19.2 Å². The van der Waals surface area contributed by atoms with E-state index in [0.717, 1.165) is 5.57 Å². The largest absolute Gasteiger partial charge is 0.469 e. The Morgan fingerprint density at radius 2 is 1.54 bits per heavy atom. The van der Waals surface area contributed by atoms with Crippen molar-refractivity contribution in [3.8, 4) is 0 Å². The van der Waals surface area contributed by atoms with Gasteiger partial charge in [0.2, 0.25) is 0 Å². The Morgan fingerprint density at radius 1 is 0.943 bits per heavy atom. The first-order valence-electron chi connectivity index (χ1n) is 12.2. The van der Waals surface area contributed by atoms with Crippen molar-refractivity contribution in [2.24, 2.45) is 22.2 Å². The van der Waals surface area contributed by atoms with Crippen molar-refractivity contribution >= 4 is 23.9 Å². The molecule has 0 aromatic rings. The van der Waals surface area contributed by atoms with Crippen molar-refractivity contribution in [3.63, 3.8) is 0 Å². The SMILES string of the molecule is C=C[C@@]1(C)CCC2=C([C@H]1OC(C)=O)[C@H](OC(C)=O)C[C@H]1[C@]2(C)[C@@H](OC(C)=O)CC[C@@]1(C)C(=O)OC. The van der Waals surface area contributed by atoms with Crippen LogP contribution in [0.25, 0.3) is 0 Å². The molecule has 1 saturated carbocycles. The normalized spacial score (nSPS) is 38.4. The molecule has 8 nitrogen and oxygen atoms in total. The van der Waals surface area contributed by atoms with Gasteiger partial charge in [-0.15, -0.1) is 6.58 Å². The van der Waals surface area contributed by atoms with E-state index >= 15 is 0 Å². The van der Waals surface area contributed by atoms with Crippen LogP contribution in [-0.4, -0.2) is 49.3 Å². The van der Waals surface area contributed by atoms with E-state index < -0.39 is 52.5 Å². The number of ether oxygens (including phenoxy) is 4. The van der Waals surface area contributed by atoms with Crippen molar-refractivity contribution in [2.75, 3.05) is 7.11 Å². The third-order valence-corrected chi connectivity index (χ3v) is 8.70. The number of hydrogen-bond donors (Lipinski definition) is 0. The number of fused-ring (bicyclic) bond motifs is 2. The molecular formula is C27H38O8. The Balaban J connectivity index is 2.33. The molecule has 0 aliphatic heterocycles. The van der Waals surface area contributed by atoms with E-state index in [2.05, 4.69) is 6.58 Å². The highest BCUT2D eigenvalue weighted by molar-refractivity contribution is 5.78. The minimum atomic E-state index is -0.882. The lowest BCUT2D eigenvalue weighted by Crippen LogP contribution is -2.62. The predicted molar refractivity (Wildman–Crippen MR) is 127 cm³/mol. The van der Waals surface area contributed by atoms with Crippen LogP contribution >= 0.6 is 0 Å². The van der Waals surface area contributed by atoms with Gasteiger partial charge in [0.05, 0.1) is 12.5 Å². The Bertz CT molecular complexity index is 966. The number of methoxy groups -OCH3 is 1. The van der Waals surface area contributed by atoms with E-state index in [1.165, 1.54) is 27.9 Å². The van der Waals surface area contributed by atoms with Crippen LogP contribution in [0.2, 0.25) is 0 Å². The summed E-state index contributed by atoms with van der Waals surface area (Å²) in [5.41, 5.74) is -0.572. The average Bonchev–Trinajstić information content (AvgIpc) is 2.77. The maximum Gasteiger partial charge on any atom is 0.311 e.